The van der Waals surface area contributed by atoms with Gasteiger partial charge in [-0.1, -0.05) is 34.1 Å². The lowest BCUT2D eigenvalue weighted by Gasteiger charge is -2.10. The molecular formula is C15H9BrF4O. The summed E-state index contributed by atoms with van der Waals surface area (Å²) in [6.45, 7) is 0. The van der Waals surface area contributed by atoms with Crippen LogP contribution in [0.4, 0.5) is 17.6 Å². The number of benzene rings is 2. The SMILES string of the molecule is O=C(c1cccc(C(F)(F)F)c1)c1cc(F)ccc1CBr. The van der Waals surface area contributed by atoms with Crippen molar-refractivity contribution in [2.75, 3.05) is 0 Å². The van der Waals surface area contributed by atoms with Gasteiger partial charge in [0.05, 0.1) is 5.56 Å². The summed E-state index contributed by atoms with van der Waals surface area (Å²) in [6, 6.07) is 7.73. The van der Waals surface area contributed by atoms with Crippen LogP contribution < -0.4 is 0 Å². The molecule has 0 heterocycles. The van der Waals surface area contributed by atoms with Crippen LogP contribution in [0.3, 0.4) is 0 Å². The molecule has 0 saturated carbocycles. The monoisotopic (exact) mass is 360 g/mol. The lowest BCUT2D eigenvalue weighted by Crippen LogP contribution is -2.09. The van der Waals surface area contributed by atoms with Crippen LogP contribution in [-0.4, -0.2) is 5.78 Å². The zero-order valence-electron chi connectivity index (χ0n) is 10.5. The molecule has 21 heavy (non-hydrogen) atoms. The van der Waals surface area contributed by atoms with Gasteiger partial charge in [0, 0.05) is 16.5 Å². The first kappa shape index (κ1) is 15.7. The molecule has 110 valence electrons. The Kier molecular flexibility index (Phi) is 4.46. The van der Waals surface area contributed by atoms with E-state index in [-0.39, 0.29) is 11.1 Å². The molecule has 0 aliphatic heterocycles. The van der Waals surface area contributed by atoms with E-state index in [4.69, 9.17) is 0 Å². The number of carbonyl (C=O) groups excluding carboxylic acids is 1. The Hall–Kier alpha value is -1.69. The fraction of sp³-hybridized carbons (Fsp3) is 0.133. The largest absolute Gasteiger partial charge is 0.416 e. The number of alkyl halides is 4. The minimum absolute atomic E-state index is 0.0474. The third kappa shape index (κ3) is 3.50. The van der Waals surface area contributed by atoms with Crippen molar-refractivity contribution in [3.8, 4) is 0 Å². The number of ketones is 1. The number of hydrogen-bond donors (Lipinski definition) is 0. The molecule has 0 N–H and O–H groups in total. The fourth-order valence-electron chi connectivity index (χ4n) is 1.87. The van der Waals surface area contributed by atoms with E-state index in [1.54, 1.807) is 0 Å². The van der Waals surface area contributed by atoms with Gasteiger partial charge in [-0.05, 0) is 29.8 Å². The van der Waals surface area contributed by atoms with E-state index in [0.29, 0.717) is 10.9 Å². The van der Waals surface area contributed by atoms with Gasteiger partial charge in [0.2, 0.25) is 0 Å². The molecule has 0 aliphatic carbocycles. The molecule has 1 nitrogen and oxygen atoms in total. The van der Waals surface area contributed by atoms with Crippen molar-refractivity contribution >= 4 is 21.7 Å². The van der Waals surface area contributed by atoms with Crippen LogP contribution in [-0.2, 0) is 11.5 Å². The summed E-state index contributed by atoms with van der Waals surface area (Å²) < 4.78 is 51.3. The van der Waals surface area contributed by atoms with Gasteiger partial charge in [0.1, 0.15) is 5.82 Å². The maximum Gasteiger partial charge on any atom is 0.416 e. The molecule has 0 fully saturated rings. The Balaban J connectivity index is 2.48. The van der Waals surface area contributed by atoms with Gasteiger partial charge < -0.3 is 0 Å². The molecule has 0 saturated heterocycles. The van der Waals surface area contributed by atoms with Crippen LogP contribution >= 0.6 is 15.9 Å². The molecule has 0 amide bonds. The topological polar surface area (TPSA) is 17.1 Å². The smallest absolute Gasteiger partial charge is 0.289 e. The van der Waals surface area contributed by atoms with E-state index >= 15 is 0 Å². The molecule has 0 radical (unpaired) electrons. The van der Waals surface area contributed by atoms with Crippen LogP contribution in [0.15, 0.2) is 42.5 Å². The lowest BCUT2D eigenvalue weighted by molar-refractivity contribution is -0.137. The van der Waals surface area contributed by atoms with Crippen molar-refractivity contribution in [2.24, 2.45) is 0 Å². The average Bonchev–Trinajstić information content (AvgIpc) is 2.45. The van der Waals surface area contributed by atoms with Gasteiger partial charge in [-0.3, -0.25) is 4.79 Å². The van der Waals surface area contributed by atoms with Crippen LogP contribution in [0.1, 0.15) is 27.0 Å². The molecule has 2 aromatic rings. The van der Waals surface area contributed by atoms with Crippen molar-refractivity contribution in [3.05, 3.63) is 70.5 Å². The molecule has 0 spiro atoms. The first-order valence-corrected chi connectivity index (χ1v) is 7.01. The highest BCUT2D eigenvalue weighted by molar-refractivity contribution is 9.08. The third-order valence-corrected chi connectivity index (χ3v) is 3.52. The Morgan fingerprint density at radius 1 is 1.10 bits per heavy atom. The predicted octanol–water partition coefficient (Wildman–Crippen LogP) is 4.97. The van der Waals surface area contributed by atoms with Crippen molar-refractivity contribution < 1.29 is 22.4 Å². The standard InChI is InChI=1S/C15H9BrF4O/c16-8-10-4-5-12(17)7-13(10)14(21)9-2-1-3-11(6-9)15(18,19)20/h1-7H,8H2. The third-order valence-electron chi connectivity index (χ3n) is 2.91. The highest BCUT2D eigenvalue weighted by Crippen LogP contribution is 2.30. The predicted molar refractivity (Wildman–Crippen MR) is 73.9 cm³/mol. The minimum Gasteiger partial charge on any atom is -0.289 e. The van der Waals surface area contributed by atoms with E-state index in [1.165, 1.54) is 18.2 Å². The Morgan fingerprint density at radius 2 is 1.81 bits per heavy atom. The summed E-state index contributed by atoms with van der Waals surface area (Å²) in [6.07, 6.45) is -4.53. The van der Waals surface area contributed by atoms with Gasteiger partial charge in [0.25, 0.3) is 0 Å². The van der Waals surface area contributed by atoms with Crippen LogP contribution in [0.5, 0.6) is 0 Å². The quantitative estimate of drug-likeness (QED) is 0.429. The van der Waals surface area contributed by atoms with E-state index in [2.05, 4.69) is 15.9 Å². The van der Waals surface area contributed by atoms with Crippen molar-refractivity contribution in [2.45, 2.75) is 11.5 Å². The van der Waals surface area contributed by atoms with Gasteiger partial charge >= 0.3 is 6.18 Å². The molecule has 0 aromatic heterocycles. The summed E-state index contributed by atoms with van der Waals surface area (Å²) in [5.74, 6) is -1.26. The normalized spacial score (nSPS) is 11.5. The summed E-state index contributed by atoms with van der Waals surface area (Å²) in [4.78, 5) is 12.3. The van der Waals surface area contributed by atoms with Crippen molar-refractivity contribution in [1.82, 2.24) is 0 Å². The molecule has 6 heteroatoms. The Labute approximate surface area is 126 Å². The number of halogens is 5. The second kappa shape index (κ2) is 5.97. The highest BCUT2D eigenvalue weighted by Gasteiger charge is 2.31. The molecule has 0 atom stereocenters. The first-order valence-electron chi connectivity index (χ1n) is 5.89. The zero-order chi connectivity index (χ0) is 15.6. The first-order chi connectivity index (χ1) is 9.82. The molecule has 0 aliphatic rings. The maximum atomic E-state index is 13.3. The Morgan fingerprint density at radius 3 is 2.43 bits per heavy atom. The summed E-state index contributed by atoms with van der Waals surface area (Å²) in [5.41, 5.74) is -0.479. The summed E-state index contributed by atoms with van der Waals surface area (Å²) in [7, 11) is 0. The summed E-state index contributed by atoms with van der Waals surface area (Å²) in [5, 5.41) is 0.299. The van der Waals surface area contributed by atoms with Crippen molar-refractivity contribution in [3.63, 3.8) is 0 Å². The zero-order valence-corrected chi connectivity index (χ0v) is 12.1. The van der Waals surface area contributed by atoms with Gasteiger partial charge in [-0.25, -0.2) is 4.39 Å². The second-order valence-corrected chi connectivity index (χ2v) is 4.90. The highest BCUT2D eigenvalue weighted by atomic mass is 79.9. The van der Waals surface area contributed by atoms with E-state index < -0.39 is 23.3 Å². The molecule has 0 bridgehead atoms. The van der Waals surface area contributed by atoms with Crippen LogP contribution in [0.25, 0.3) is 0 Å². The van der Waals surface area contributed by atoms with Crippen molar-refractivity contribution in [1.29, 1.82) is 0 Å². The molecular weight excluding hydrogens is 352 g/mol. The minimum atomic E-state index is -4.53. The molecule has 0 unspecified atom stereocenters. The summed E-state index contributed by atoms with van der Waals surface area (Å²) >= 11 is 3.17. The number of rotatable bonds is 3. The van der Waals surface area contributed by atoms with Crippen LogP contribution in [0.2, 0.25) is 0 Å². The van der Waals surface area contributed by atoms with Gasteiger partial charge in [0.15, 0.2) is 5.78 Å². The van der Waals surface area contributed by atoms with E-state index in [1.807, 2.05) is 0 Å². The number of carbonyl (C=O) groups is 1. The molecule has 2 aromatic carbocycles. The Bertz CT molecular complexity index is 680. The van der Waals surface area contributed by atoms with E-state index in [9.17, 15) is 22.4 Å². The maximum absolute atomic E-state index is 13.3. The number of hydrogen-bond acceptors (Lipinski definition) is 1. The lowest BCUT2D eigenvalue weighted by atomic mass is 9.97. The average molecular weight is 361 g/mol. The van der Waals surface area contributed by atoms with Gasteiger partial charge in [-0.2, -0.15) is 13.2 Å². The second-order valence-electron chi connectivity index (χ2n) is 4.34. The fourth-order valence-corrected chi connectivity index (χ4v) is 2.36. The van der Waals surface area contributed by atoms with E-state index in [0.717, 1.165) is 24.3 Å². The van der Waals surface area contributed by atoms with Gasteiger partial charge in [-0.15, -0.1) is 0 Å². The molecule has 2 rings (SSSR count). The van der Waals surface area contributed by atoms with Crippen LogP contribution in [0, 0.1) is 5.82 Å².